The molecule has 0 spiro atoms. The topological polar surface area (TPSA) is 9.23 Å². The molecule has 0 radical (unpaired) electrons. The highest BCUT2D eigenvalue weighted by atomic mass is 16.5. The Kier molecular flexibility index (Phi) is 3.85. The van der Waals surface area contributed by atoms with Crippen LogP contribution in [-0.2, 0) is 4.74 Å². The molecule has 0 aromatic heterocycles. The summed E-state index contributed by atoms with van der Waals surface area (Å²) in [5.74, 6) is 1.68. The Labute approximate surface area is 93.9 Å². The molecular weight excluding hydrogens is 184 g/mol. The van der Waals surface area contributed by atoms with Crippen LogP contribution in [-0.4, -0.2) is 12.2 Å². The predicted octanol–water partition coefficient (Wildman–Crippen LogP) is 3.94. The van der Waals surface area contributed by atoms with Crippen LogP contribution in [0.15, 0.2) is 12.2 Å². The summed E-state index contributed by atoms with van der Waals surface area (Å²) >= 11 is 0. The molecule has 1 nitrogen and oxygen atoms in total. The van der Waals surface area contributed by atoms with Gasteiger partial charge >= 0.3 is 0 Å². The van der Waals surface area contributed by atoms with Crippen molar-refractivity contribution in [3.05, 3.63) is 12.2 Å². The minimum atomic E-state index is 0.416. The van der Waals surface area contributed by atoms with Crippen LogP contribution < -0.4 is 0 Å². The molecule has 0 aromatic carbocycles. The molecule has 2 rings (SSSR count). The van der Waals surface area contributed by atoms with E-state index in [0.717, 1.165) is 11.8 Å². The van der Waals surface area contributed by atoms with Gasteiger partial charge in [0.05, 0.1) is 12.2 Å². The highest BCUT2D eigenvalue weighted by molar-refractivity contribution is 4.98. The van der Waals surface area contributed by atoms with Crippen molar-refractivity contribution in [2.75, 3.05) is 0 Å². The number of rotatable bonds is 2. The van der Waals surface area contributed by atoms with E-state index in [1.807, 2.05) is 0 Å². The third-order valence-corrected chi connectivity index (χ3v) is 3.89. The molecule has 2 unspecified atom stereocenters. The summed E-state index contributed by atoms with van der Waals surface area (Å²) in [6.45, 7) is 4.65. The molecule has 1 saturated carbocycles. The highest BCUT2D eigenvalue weighted by Gasteiger charge is 2.22. The van der Waals surface area contributed by atoms with Gasteiger partial charge in [0.2, 0.25) is 0 Å². The average molecular weight is 208 g/mol. The van der Waals surface area contributed by atoms with E-state index in [4.69, 9.17) is 4.74 Å². The quantitative estimate of drug-likeness (QED) is 0.625. The van der Waals surface area contributed by atoms with Gasteiger partial charge in [-0.05, 0) is 50.4 Å². The average Bonchev–Trinajstić information content (AvgIpc) is 2.25. The van der Waals surface area contributed by atoms with E-state index in [1.165, 1.54) is 38.5 Å². The van der Waals surface area contributed by atoms with Gasteiger partial charge in [0.25, 0.3) is 0 Å². The van der Waals surface area contributed by atoms with Gasteiger partial charge in [-0.1, -0.05) is 26.0 Å². The Hall–Kier alpha value is -0.300. The van der Waals surface area contributed by atoms with Crippen molar-refractivity contribution in [1.29, 1.82) is 0 Å². The van der Waals surface area contributed by atoms with Crippen molar-refractivity contribution in [3.63, 3.8) is 0 Å². The molecule has 0 N–H and O–H groups in total. The van der Waals surface area contributed by atoms with Crippen molar-refractivity contribution in [2.24, 2.45) is 11.8 Å². The summed E-state index contributed by atoms with van der Waals surface area (Å²) in [6.07, 6.45) is 13.4. The van der Waals surface area contributed by atoms with Crippen LogP contribution in [0.5, 0.6) is 0 Å². The first-order chi connectivity index (χ1) is 7.24. The van der Waals surface area contributed by atoms with Crippen LogP contribution in [0.4, 0.5) is 0 Å². The van der Waals surface area contributed by atoms with E-state index in [2.05, 4.69) is 26.0 Å². The van der Waals surface area contributed by atoms with Gasteiger partial charge in [0, 0.05) is 0 Å². The van der Waals surface area contributed by atoms with Crippen LogP contribution in [0.1, 0.15) is 52.4 Å². The van der Waals surface area contributed by atoms with Crippen LogP contribution in [0.2, 0.25) is 0 Å². The van der Waals surface area contributed by atoms with Crippen LogP contribution in [0.25, 0.3) is 0 Å². The first-order valence-electron chi connectivity index (χ1n) is 6.58. The molecule has 0 aliphatic heterocycles. The third-order valence-electron chi connectivity index (χ3n) is 3.89. The second kappa shape index (κ2) is 5.16. The van der Waals surface area contributed by atoms with Gasteiger partial charge in [-0.15, -0.1) is 0 Å². The van der Waals surface area contributed by atoms with Gasteiger partial charge < -0.3 is 4.74 Å². The molecule has 0 saturated heterocycles. The number of hydrogen-bond donors (Lipinski definition) is 0. The lowest BCUT2D eigenvalue weighted by atomic mass is 9.88. The molecule has 1 heteroatoms. The maximum atomic E-state index is 6.14. The Morgan fingerprint density at radius 1 is 0.867 bits per heavy atom. The van der Waals surface area contributed by atoms with Gasteiger partial charge in [-0.3, -0.25) is 0 Å². The van der Waals surface area contributed by atoms with Crippen molar-refractivity contribution in [1.82, 2.24) is 0 Å². The Morgan fingerprint density at radius 2 is 1.60 bits per heavy atom. The van der Waals surface area contributed by atoms with Gasteiger partial charge in [0.15, 0.2) is 0 Å². The van der Waals surface area contributed by atoms with E-state index in [-0.39, 0.29) is 0 Å². The standard InChI is InChI=1S/C14H24O/c1-11-3-7-13(8-4-11)15-14-9-5-12(2)6-10-14/h3,7,11-14H,4-6,8-10H2,1-2H3. The Balaban J connectivity index is 1.75. The smallest absolute Gasteiger partial charge is 0.0759 e. The summed E-state index contributed by atoms with van der Waals surface area (Å²) in [7, 11) is 0. The van der Waals surface area contributed by atoms with E-state index in [9.17, 15) is 0 Å². The zero-order chi connectivity index (χ0) is 10.7. The van der Waals surface area contributed by atoms with E-state index in [0.29, 0.717) is 12.2 Å². The lowest BCUT2D eigenvalue weighted by Crippen LogP contribution is -2.26. The molecule has 2 aliphatic carbocycles. The van der Waals surface area contributed by atoms with Crippen molar-refractivity contribution >= 4 is 0 Å². The molecule has 0 aromatic rings. The summed E-state index contributed by atoms with van der Waals surface area (Å²) in [5.41, 5.74) is 0. The molecule has 2 aliphatic rings. The lowest BCUT2D eigenvalue weighted by molar-refractivity contribution is -0.0208. The van der Waals surface area contributed by atoms with E-state index in [1.54, 1.807) is 0 Å². The third kappa shape index (κ3) is 3.34. The van der Waals surface area contributed by atoms with Crippen molar-refractivity contribution in [3.8, 4) is 0 Å². The van der Waals surface area contributed by atoms with Gasteiger partial charge in [-0.2, -0.15) is 0 Å². The van der Waals surface area contributed by atoms with E-state index < -0.39 is 0 Å². The van der Waals surface area contributed by atoms with Crippen molar-refractivity contribution < 1.29 is 4.74 Å². The number of hydrogen-bond acceptors (Lipinski definition) is 1. The maximum absolute atomic E-state index is 6.14. The first kappa shape index (κ1) is 11.2. The molecule has 2 atom stereocenters. The highest BCUT2D eigenvalue weighted by Crippen LogP contribution is 2.28. The van der Waals surface area contributed by atoms with Crippen LogP contribution in [0.3, 0.4) is 0 Å². The monoisotopic (exact) mass is 208 g/mol. The number of ether oxygens (including phenoxy) is 1. The summed E-state index contributed by atoms with van der Waals surface area (Å²) in [5, 5.41) is 0. The zero-order valence-corrected chi connectivity index (χ0v) is 10.1. The second-order valence-electron chi connectivity index (χ2n) is 5.50. The Bertz CT molecular complexity index is 213. The zero-order valence-electron chi connectivity index (χ0n) is 10.1. The Morgan fingerprint density at radius 3 is 2.20 bits per heavy atom. The molecular formula is C14H24O. The van der Waals surface area contributed by atoms with Crippen LogP contribution in [0, 0.1) is 11.8 Å². The van der Waals surface area contributed by atoms with E-state index >= 15 is 0 Å². The minimum absolute atomic E-state index is 0.416. The van der Waals surface area contributed by atoms with Gasteiger partial charge in [-0.25, -0.2) is 0 Å². The fraction of sp³-hybridized carbons (Fsp3) is 0.857. The molecule has 0 heterocycles. The predicted molar refractivity (Wildman–Crippen MR) is 63.8 cm³/mol. The van der Waals surface area contributed by atoms with Crippen LogP contribution >= 0.6 is 0 Å². The van der Waals surface area contributed by atoms with Crippen molar-refractivity contribution in [2.45, 2.75) is 64.6 Å². The molecule has 1 fully saturated rings. The summed E-state index contributed by atoms with van der Waals surface area (Å²) < 4.78 is 6.14. The normalized spacial score (nSPS) is 41.7. The molecule has 15 heavy (non-hydrogen) atoms. The maximum Gasteiger partial charge on any atom is 0.0759 e. The molecule has 86 valence electrons. The van der Waals surface area contributed by atoms with Gasteiger partial charge in [0.1, 0.15) is 0 Å². The summed E-state index contributed by atoms with van der Waals surface area (Å²) in [6, 6.07) is 0. The minimum Gasteiger partial charge on any atom is -0.371 e. The lowest BCUT2D eigenvalue weighted by Gasteiger charge is -2.30. The number of allylic oxidation sites excluding steroid dienone is 1. The summed E-state index contributed by atoms with van der Waals surface area (Å²) in [4.78, 5) is 0. The fourth-order valence-electron chi connectivity index (χ4n) is 2.66. The SMILES string of the molecule is CC1C=CC(OC2CCC(C)CC2)CC1. The first-order valence-corrected chi connectivity index (χ1v) is 6.58. The molecule has 0 amide bonds. The molecule has 0 bridgehead atoms. The largest absolute Gasteiger partial charge is 0.371 e. The second-order valence-corrected chi connectivity index (χ2v) is 5.50. The fourth-order valence-corrected chi connectivity index (χ4v) is 2.66.